The highest BCUT2D eigenvalue weighted by atomic mass is 79.9. The fourth-order valence-electron chi connectivity index (χ4n) is 1.87. The standard InChI is InChI=1S/C16H16BrF2NO/c1-2-5-20-10-11-6-12(18)8-14(7-11)21-13-3-4-15(17)16(19)9-13/h3-4,6-9,20H,2,5,10H2,1H3. The quantitative estimate of drug-likeness (QED) is 0.734. The lowest BCUT2D eigenvalue weighted by molar-refractivity contribution is 0.469. The molecule has 0 fully saturated rings. The first kappa shape index (κ1) is 15.9. The van der Waals surface area contributed by atoms with Crippen molar-refractivity contribution < 1.29 is 13.5 Å². The number of nitrogens with one attached hydrogen (secondary N) is 1. The second kappa shape index (κ2) is 7.52. The van der Waals surface area contributed by atoms with Crippen molar-refractivity contribution in [3.8, 4) is 11.5 Å². The van der Waals surface area contributed by atoms with Crippen LogP contribution in [0.2, 0.25) is 0 Å². The Kier molecular flexibility index (Phi) is 5.70. The van der Waals surface area contributed by atoms with Crippen molar-refractivity contribution in [1.82, 2.24) is 5.32 Å². The van der Waals surface area contributed by atoms with Crippen molar-refractivity contribution >= 4 is 15.9 Å². The molecular formula is C16H16BrF2NO. The summed E-state index contributed by atoms with van der Waals surface area (Å²) in [5, 5.41) is 3.20. The van der Waals surface area contributed by atoms with Crippen molar-refractivity contribution in [1.29, 1.82) is 0 Å². The average Bonchev–Trinajstić information content (AvgIpc) is 2.43. The highest BCUT2D eigenvalue weighted by Gasteiger charge is 2.06. The zero-order valence-corrected chi connectivity index (χ0v) is 13.2. The normalized spacial score (nSPS) is 10.7. The lowest BCUT2D eigenvalue weighted by atomic mass is 10.2. The molecule has 2 aromatic carbocycles. The molecule has 0 radical (unpaired) electrons. The minimum absolute atomic E-state index is 0.328. The van der Waals surface area contributed by atoms with Gasteiger partial charge in [0.05, 0.1) is 4.47 Å². The van der Waals surface area contributed by atoms with Crippen LogP contribution in [0.15, 0.2) is 40.9 Å². The van der Waals surface area contributed by atoms with Gasteiger partial charge in [-0.15, -0.1) is 0 Å². The zero-order valence-electron chi connectivity index (χ0n) is 11.6. The van der Waals surface area contributed by atoms with Crippen molar-refractivity contribution in [3.63, 3.8) is 0 Å². The van der Waals surface area contributed by atoms with Gasteiger partial charge in [0.15, 0.2) is 0 Å². The van der Waals surface area contributed by atoms with Gasteiger partial charge in [-0.1, -0.05) is 6.92 Å². The van der Waals surface area contributed by atoms with Crippen LogP contribution >= 0.6 is 15.9 Å². The van der Waals surface area contributed by atoms with Crippen LogP contribution in [0.5, 0.6) is 11.5 Å². The maximum absolute atomic E-state index is 13.6. The molecule has 0 atom stereocenters. The minimum Gasteiger partial charge on any atom is -0.457 e. The number of rotatable bonds is 6. The summed E-state index contributed by atoms with van der Waals surface area (Å²) in [6, 6.07) is 8.90. The SMILES string of the molecule is CCCNCc1cc(F)cc(Oc2ccc(Br)c(F)c2)c1. The summed E-state index contributed by atoms with van der Waals surface area (Å²) in [6.45, 7) is 3.50. The fourth-order valence-corrected chi connectivity index (χ4v) is 2.11. The van der Waals surface area contributed by atoms with Crippen LogP contribution in [-0.2, 0) is 6.54 Å². The average molecular weight is 356 g/mol. The Morgan fingerprint density at radius 3 is 2.62 bits per heavy atom. The molecule has 0 spiro atoms. The van der Waals surface area contributed by atoms with E-state index in [1.807, 2.05) is 0 Å². The van der Waals surface area contributed by atoms with Gasteiger partial charge < -0.3 is 10.1 Å². The van der Waals surface area contributed by atoms with Gasteiger partial charge in [-0.05, 0) is 58.7 Å². The predicted octanol–water partition coefficient (Wildman–Crippen LogP) is 5.02. The van der Waals surface area contributed by atoms with Gasteiger partial charge in [-0.2, -0.15) is 0 Å². The maximum Gasteiger partial charge on any atom is 0.141 e. The first-order valence-electron chi connectivity index (χ1n) is 6.71. The van der Waals surface area contributed by atoms with Crippen molar-refractivity contribution in [2.24, 2.45) is 0 Å². The van der Waals surface area contributed by atoms with E-state index in [4.69, 9.17) is 4.74 Å². The lowest BCUT2D eigenvalue weighted by Gasteiger charge is -2.09. The van der Waals surface area contributed by atoms with Gasteiger partial charge in [0, 0.05) is 18.7 Å². The van der Waals surface area contributed by atoms with E-state index in [1.54, 1.807) is 18.2 Å². The molecule has 0 aliphatic heterocycles. The number of hydrogen-bond donors (Lipinski definition) is 1. The summed E-state index contributed by atoms with van der Waals surface area (Å²) < 4.78 is 32.9. The Bertz CT molecular complexity index is 619. The van der Waals surface area contributed by atoms with Crippen LogP contribution in [-0.4, -0.2) is 6.54 Å². The molecule has 1 N–H and O–H groups in total. The molecule has 0 saturated carbocycles. The molecule has 0 aliphatic rings. The van der Waals surface area contributed by atoms with Gasteiger partial charge in [0.1, 0.15) is 23.1 Å². The first-order valence-corrected chi connectivity index (χ1v) is 7.51. The van der Waals surface area contributed by atoms with Crippen LogP contribution in [0, 0.1) is 11.6 Å². The lowest BCUT2D eigenvalue weighted by Crippen LogP contribution is -2.13. The Morgan fingerprint density at radius 2 is 1.90 bits per heavy atom. The van der Waals surface area contributed by atoms with Gasteiger partial charge in [0.25, 0.3) is 0 Å². The smallest absolute Gasteiger partial charge is 0.141 e. The molecule has 0 aliphatic carbocycles. The van der Waals surface area contributed by atoms with E-state index in [0.29, 0.717) is 22.5 Å². The van der Waals surface area contributed by atoms with Gasteiger partial charge in [-0.3, -0.25) is 0 Å². The Labute approximate surface area is 131 Å². The largest absolute Gasteiger partial charge is 0.457 e. The van der Waals surface area contributed by atoms with E-state index in [2.05, 4.69) is 28.2 Å². The third kappa shape index (κ3) is 4.79. The van der Waals surface area contributed by atoms with Crippen molar-refractivity contribution in [2.75, 3.05) is 6.54 Å². The molecule has 0 amide bonds. The monoisotopic (exact) mass is 355 g/mol. The Hall–Kier alpha value is -1.46. The van der Waals surface area contributed by atoms with Crippen LogP contribution < -0.4 is 10.1 Å². The maximum atomic E-state index is 13.6. The van der Waals surface area contributed by atoms with E-state index >= 15 is 0 Å². The number of halogens is 3. The van der Waals surface area contributed by atoms with Gasteiger partial charge in [-0.25, -0.2) is 8.78 Å². The fraction of sp³-hybridized carbons (Fsp3) is 0.250. The van der Waals surface area contributed by atoms with E-state index < -0.39 is 5.82 Å². The molecule has 0 saturated heterocycles. The molecule has 0 bridgehead atoms. The van der Waals surface area contributed by atoms with Crippen LogP contribution in [0.25, 0.3) is 0 Å². The summed E-state index contributed by atoms with van der Waals surface area (Å²) in [5.41, 5.74) is 0.788. The molecular weight excluding hydrogens is 340 g/mol. The predicted molar refractivity (Wildman–Crippen MR) is 82.6 cm³/mol. The van der Waals surface area contributed by atoms with Gasteiger partial charge in [0.2, 0.25) is 0 Å². The number of hydrogen-bond acceptors (Lipinski definition) is 2. The molecule has 2 nitrogen and oxygen atoms in total. The number of ether oxygens (including phenoxy) is 1. The first-order chi connectivity index (χ1) is 10.1. The molecule has 2 aromatic rings. The Balaban J connectivity index is 2.13. The summed E-state index contributed by atoms with van der Waals surface area (Å²) >= 11 is 3.07. The van der Waals surface area contributed by atoms with Crippen LogP contribution in [0.4, 0.5) is 8.78 Å². The minimum atomic E-state index is -0.422. The molecule has 112 valence electrons. The molecule has 0 heterocycles. The molecule has 5 heteroatoms. The van der Waals surface area contributed by atoms with Crippen LogP contribution in [0.1, 0.15) is 18.9 Å². The second-order valence-electron chi connectivity index (χ2n) is 4.65. The van der Waals surface area contributed by atoms with E-state index in [1.165, 1.54) is 18.2 Å². The highest BCUT2D eigenvalue weighted by molar-refractivity contribution is 9.10. The van der Waals surface area contributed by atoms with E-state index in [9.17, 15) is 8.78 Å². The summed E-state index contributed by atoms with van der Waals surface area (Å²) in [6.07, 6.45) is 1.01. The third-order valence-corrected chi connectivity index (χ3v) is 3.46. The summed E-state index contributed by atoms with van der Waals surface area (Å²) in [4.78, 5) is 0. The second-order valence-corrected chi connectivity index (χ2v) is 5.50. The van der Waals surface area contributed by atoms with Crippen LogP contribution in [0.3, 0.4) is 0 Å². The van der Waals surface area contributed by atoms with Crippen molar-refractivity contribution in [2.45, 2.75) is 19.9 Å². The van der Waals surface area contributed by atoms with E-state index in [0.717, 1.165) is 18.5 Å². The third-order valence-electron chi connectivity index (χ3n) is 2.81. The zero-order chi connectivity index (χ0) is 15.2. The Morgan fingerprint density at radius 1 is 1.10 bits per heavy atom. The summed E-state index contributed by atoms with van der Waals surface area (Å²) in [7, 11) is 0. The highest BCUT2D eigenvalue weighted by Crippen LogP contribution is 2.27. The van der Waals surface area contributed by atoms with Crippen molar-refractivity contribution in [3.05, 3.63) is 58.1 Å². The molecule has 2 rings (SSSR count). The topological polar surface area (TPSA) is 21.3 Å². The molecule has 21 heavy (non-hydrogen) atoms. The van der Waals surface area contributed by atoms with Gasteiger partial charge >= 0.3 is 0 Å². The molecule has 0 aromatic heterocycles. The summed E-state index contributed by atoms with van der Waals surface area (Å²) in [5.74, 6) is -0.120. The van der Waals surface area contributed by atoms with E-state index in [-0.39, 0.29) is 5.82 Å². The molecule has 0 unspecified atom stereocenters. The number of benzene rings is 2.